The number of nitrogens with one attached hydrogen (secondary N) is 3. The first-order valence-corrected chi connectivity index (χ1v) is 8.35. The van der Waals surface area contributed by atoms with Crippen LogP contribution in [0.3, 0.4) is 0 Å². The Morgan fingerprint density at radius 3 is 2.50 bits per heavy atom. The highest BCUT2D eigenvalue weighted by atomic mass is 32.2. The second kappa shape index (κ2) is 7.72. The Morgan fingerprint density at radius 2 is 1.95 bits per heavy atom. The van der Waals surface area contributed by atoms with E-state index >= 15 is 0 Å². The molecule has 0 radical (unpaired) electrons. The van der Waals surface area contributed by atoms with Crippen molar-refractivity contribution in [3.8, 4) is 0 Å². The van der Waals surface area contributed by atoms with Crippen LogP contribution < -0.4 is 10.0 Å². The van der Waals surface area contributed by atoms with Crippen molar-refractivity contribution in [3.05, 3.63) is 11.4 Å². The molecule has 0 aromatic carbocycles. The summed E-state index contributed by atoms with van der Waals surface area (Å²) in [4.78, 5) is 2.42. The highest BCUT2D eigenvalue weighted by molar-refractivity contribution is 7.89. The second-order valence-corrected chi connectivity index (χ2v) is 6.28. The third kappa shape index (κ3) is 4.27. The highest BCUT2D eigenvalue weighted by Crippen LogP contribution is 2.16. The van der Waals surface area contributed by atoms with E-state index in [0.29, 0.717) is 31.0 Å². The number of aryl methyl sites for hydroxylation is 1. The number of hydrogen-bond acceptors (Lipinski definition) is 5. The maximum Gasteiger partial charge on any atom is 0.244 e. The van der Waals surface area contributed by atoms with E-state index < -0.39 is 10.0 Å². The Morgan fingerprint density at radius 1 is 1.30 bits per heavy atom. The van der Waals surface area contributed by atoms with Crippen molar-refractivity contribution in [2.75, 3.05) is 33.2 Å². The van der Waals surface area contributed by atoms with Crippen molar-refractivity contribution in [2.24, 2.45) is 0 Å². The number of aromatic amines is 1. The Labute approximate surface area is 121 Å². The van der Waals surface area contributed by atoms with Crippen LogP contribution in [-0.4, -0.2) is 56.7 Å². The Hall–Kier alpha value is -0.960. The molecule has 3 N–H and O–H groups in total. The van der Waals surface area contributed by atoms with Crippen molar-refractivity contribution in [1.82, 2.24) is 25.1 Å². The summed E-state index contributed by atoms with van der Waals surface area (Å²) in [7, 11) is -1.76. The Kier molecular flexibility index (Phi) is 6.60. The van der Waals surface area contributed by atoms with Crippen LogP contribution in [-0.2, 0) is 16.6 Å². The minimum Gasteiger partial charge on any atom is -0.314 e. The molecular weight excluding hydrogens is 278 g/mol. The number of nitrogens with zero attached hydrogens (tertiary/aromatic N) is 2. The smallest absolute Gasteiger partial charge is 0.244 e. The summed E-state index contributed by atoms with van der Waals surface area (Å²) in [5, 5.41) is 9.68. The van der Waals surface area contributed by atoms with Crippen LogP contribution in [0.4, 0.5) is 0 Å². The molecule has 116 valence electrons. The molecule has 20 heavy (non-hydrogen) atoms. The van der Waals surface area contributed by atoms with Crippen LogP contribution in [0.2, 0.25) is 0 Å². The van der Waals surface area contributed by atoms with Crippen LogP contribution in [0, 0.1) is 6.92 Å². The third-order valence-electron chi connectivity index (χ3n) is 3.19. The van der Waals surface area contributed by atoms with Gasteiger partial charge in [0.2, 0.25) is 10.0 Å². The molecule has 0 aliphatic rings. The van der Waals surface area contributed by atoms with Crippen LogP contribution in [0.1, 0.15) is 25.2 Å². The number of aromatic nitrogens is 2. The molecular formula is C12H25N5O2S. The molecule has 1 aromatic heterocycles. The normalized spacial score (nSPS) is 12.2. The van der Waals surface area contributed by atoms with Crippen molar-refractivity contribution in [3.63, 3.8) is 0 Å². The maximum absolute atomic E-state index is 12.4. The van der Waals surface area contributed by atoms with Crippen molar-refractivity contribution < 1.29 is 8.42 Å². The van der Waals surface area contributed by atoms with E-state index in [1.165, 1.54) is 0 Å². The first kappa shape index (κ1) is 17.1. The zero-order chi connectivity index (χ0) is 15.2. The monoisotopic (exact) mass is 303 g/mol. The van der Waals surface area contributed by atoms with E-state index in [1.807, 2.05) is 0 Å². The number of rotatable bonds is 9. The Balaban J connectivity index is 2.76. The molecule has 0 atom stereocenters. The second-order valence-electron chi connectivity index (χ2n) is 4.58. The van der Waals surface area contributed by atoms with Gasteiger partial charge in [0, 0.05) is 19.6 Å². The summed E-state index contributed by atoms with van der Waals surface area (Å²) in [5.74, 6) is 0. The maximum atomic E-state index is 12.4. The summed E-state index contributed by atoms with van der Waals surface area (Å²) in [6.45, 7) is 9.16. The van der Waals surface area contributed by atoms with Gasteiger partial charge in [0.05, 0.1) is 11.4 Å². The predicted octanol–water partition coefficient (Wildman–Crippen LogP) is 0.0576. The zero-order valence-electron chi connectivity index (χ0n) is 12.7. The first-order chi connectivity index (χ1) is 9.46. The van der Waals surface area contributed by atoms with E-state index in [-0.39, 0.29) is 4.90 Å². The van der Waals surface area contributed by atoms with Gasteiger partial charge in [-0.15, -0.1) is 0 Å². The lowest BCUT2D eigenvalue weighted by molar-refractivity contribution is 0.309. The minimum atomic E-state index is -3.52. The molecule has 1 rings (SSSR count). The number of sulfonamides is 1. The summed E-state index contributed by atoms with van der Waals surface area (Å²) in [5.41, 5.74) is 1.07. The lowest BCUT2D eigenvalue weighted by Crippen LogP contribution is -2.35. The molecule has 1 heterocycles. The molecule has 0 bridgehead atoms. The molecule has 7 nitrogen and oxygen atoms in total. The summed E-state index contributed by atoms with van der Waals surface area (Å²) in [6.07, 6.45) is 0. The van der Waals surface area contributed by atoms with Gasteiger partial charge in [-0.1, -0.05) is 13.8 Å². The largest absolute Gasteiger partial charge is 0.314 e. The topological polar surface area (TPSA) is 90.1 Å². The van der Waals surface area contributed by atoms with Gasteiger partial charge in [0.25, 0.3) is 0 Å². The van der Waals surface area contributed by atoms with Crippen molar-refractivity contribution >= 4 is 10.0 Å². The van der Waals surface area contributed by atoms with Crippen molar-refractivity contribution in [1.29, 1.82) is 0 Å². The van der Waals surface area contributed by atoms with E-state index in [2.05, 4.69) is 39.0 Å². The fourth-order valence-electron chi connectivity index (χ4n) is 2.06. The Bertz CT molecular complexity index is 508. The summed E-state index contributed by atoms with van der Waals surface area (Å²) < 4.78 is 27.3. The standard InChI is InChI=1S/C12H25N5O2S/c1-5-17(6-2)8-7-14-20(18,19)12-10(3)15-16-11(12)9-13-4/h13-14H,5-9H2,1-4H3,(H,15,16). The number of likely N-dealkylation sites (N-methyl/N-ethyl adjacent to an activating group) is 1. The van der Waals surface area contributed by atoms with Gasteiger partial charge < -0.3 is 10.2 Å². The molecule has 1 aromatic rings. The summed E-state index contributed by atoms with van der Waals surface area (Å²) >= 11 is 0. The van der Waals surface area contributed by atoms with E-state index in [0.717, 1.165) is 13.1 Å². The summed E-state index contributed by atoms with van der Waals surface area (Å²) in [6, 6.07) is 0. The zero-order valence-corrected chi connectivity index (χ0v) is 13.5. The first-order valence-electron chi connectivity index (χ1n) is 6.86. The van der Waals surface area contributed by atoms with E-state index in [4.69, 9.17) is 0 Å². The van der Waals surface area contributed by atoms with Gasteiger partial charge in [-0.2, -0.15) is 5.10 Å². The highest BCUT2D eigenvalue weighted by Gasteiger charge is 2.23. The molecule has 0 aliphatic heterocycles. The molecule has 0 spiro atoms. The fraction of sp³-hybridized carbons (Fsp3) is 0.750. The van der Waals surface area contributed by atoms with Gasteiger partial charge >= 0.3 is 0 Å². The SMILES string of the molecule is CCN(CC)CCNS(=O)(=O)c1c(CNC)n[nH]c1C. The molecule has 0 fully saturated rings. The fourth-order valence-corrected chi connectivity index (χ4v) is 3.44. The quantitative estimate of drug-likeness (QED) is 0.600. The number of H-pyrrole nitrogens is 1. The van der Waals surface area contributed by atoms with Crippen LogP contribution in [0.15, 0.2) is 4.90 Å². The lowest BCUT2D eigenvalue weighted by Gasteiger charge is -2.18. The van der Waals surface area contributed by atoms with Crippen LogP contribution in [0.5, 0.6) is 0 Å². The van der Waals surface area contributed by atoms with Gasteiger partial charge in [-0.05, 0) is 27.1 Å². The average Bonchev–Trinajstić information content (AvgIpc) is 2.77. The lowest BCUT2D eigenvalue weighted by atomic mass is 10.4. The van der Waals surface area contributed by atoms with E-state index in [9.17, 15) is 8.42 Å². The minimum absolute atomic E-state index is 0.256. The predicted molar refractivity (Wildman–Crippen MR) is 79.1 cm³/mol. The van der Waals surface area contributed by atoms with E-state index in [1.54, 1.807) is 14.0 Å². The number of hydrogen-bond donors (Lipinski definition) is 3. The molecule has 0 aliphatic carbocycles. The molecule has 0 unspecified atom stereocenters. The molecule has 0 saturated carbocycles. The van der Waals surface area contributed by atoms with Gasteiger partial charge in [0.1, 0.15) is 4.90 Å². The third-order valence-corrected chi connectivity index (χ3v) is 4.85. The van der Waals surface area contributed by atoms with Gasteiger partial charge in [-0.3, -0.25) is 5.10 Å². The van der Waals surface area contributed by atoms with Gasteiger partial charge in [-0.25, -0.2) is 13.1 Å². The average molecular weight is 303 g/mol. The van der Waals surface area contributed by atoms with Crippen LogP contribution in [0.25, 0.3) is 0 Å². The molecule has 0 saturated heterocycles. The molecule has 0 amide bonds. The molecule has 8 heteroatoms. The van der Waals surface area contributed by atoms with Crippen LogP contribution >= 0.6 is 0 Å². The van der Waals surface area contributed by atoms with Crippen molar-refractivity contribution in [2.45, 2.75) is 32.2 Å². The van der Waals surface area contributed by atoms with Gasteiger partial charge in [0.15, 0.2) is 0 Å².